The summed E-state index contributed by atoms with van der Waals surface area (Å²) in [5.41, 5.74) is 10.3. The summed E-state index contributed by atoms with van der Waals surface area (Å²) < 4.78 is 5.71. The van der Waals surface area contributed by atoms with Crippen molar-refractivity contribution in [2.75, 3.05) is 6.61 Å². The van der Waals surface area contributed by atoms with Gasteiger partial charge in [0.25, 0.3) is 5.91 Å². The van der Waals surface area contributed by atoms with Crippen molar-refractivity contribution in [1.29, 1.82) is 0 Å². The Bertz CT molecular complexity index is 793. The van der Waals surface area contributed by atoms with E-state index in [1.807, 2.05) is 36.4 Å². The Labute approximate surface area is 159 Å². The monoisotopic (exact) mass is 369 g/mol. The maximum absolute atomic E-state index is 12.0. The summed E-state index contributed by atoms with van der Waals surface area (Å²) in [7, 11) is 0. The Kier molecular flexibility index (Phi) is 6.07. The molecule has 0 aromatic heterocycles. The third-order valence-electron chi connectivity index (χ3n) is 4.45. The zero-order valence-corrected chi connectivity index (χ0v) is 15.6. The van der Waals surface area contributed by atoms with E-state index in [0.717, 1.165) is 30.6 Å². The van der Waals surface area contributed by atoms with Gasteiger partial charge in [-0.1, -0.05) is 36.4 Å². The van der Waals surface area contributed by atoms with E-state index in [0.29, 0.717) is 11.7 Å². The SMILES string of the molecule is Cc1ccc(OCC(=O)NNC(=S)NCc2ccccc2)c2c1CCC2. The first-order valence-corrected chi connectivity index (χ1v) is 9.15. The zero-order valence-electron chi connectivity index (χ0n) is 14.8. The summed E-state index contributed by atoms with van der Waals surface area (Å²) in [5.74, 6) is 0.532. The smallest absolute Gasteiger partial charge is 0.276 e. The van der Waals surface area contributed by atoms with E-state index >= 15 is 0 Å². The van der Waals surface area contributed by atoms with Crippen LogP contribution in [0.3, 0.4) is 0 Å². The van der Waals surface area contributed by atoms with Crippen molar-refractivity contribution >= 4 is 23.2 Å². The summed E-state index contributed by atoms with van der Waals surface area (Å²) in [4.78, 5) is 12.0. The molecule has 0 bridgehead atoms. The highest BCUT2D eigenvalue weighted by Crippen LogP contribution is 2.32. The Morgan fingerprint density at radius 1 is 1.08 bits per heavy atom. The Morgan fingerprint density at radius 3 is 2.65 bits per heavy atom. The molecular formula is C20H23N3O2S. The van der Waals surface area contributed by atoms with Gasteiger partial charge in [0.05, 0.1) is 0 Å². The van der Waals surface area contributed by atoms with Crippen LogP contribution in [0.25, 0.3) is 0 Å². The number of thiocarbonyl (C=S) groups is 1. The number of nitrogens with one attached hydrogen (secondary N) is 3. The number of amides is 1. The van der Waals surface area contributed by atoms with E-state index in [9.17, 15) is 4.79 Å². The predicted molar refractivity (Wildman–Crippen MR) is 106 cm³/mol. The zero-order chi connectivity index (χ0) is 18.4. The topological polar surface area (TPSA) is 62.4 Å². The van der Waals surface area contributed by atoms with Crippen molar-refractivity contribution in [3.05, 3.63) is 64.7 Å². The van der Waals surface area contributed by atoms with Crippen molar-refractivity contribution in [3.8, 4) is 5.75 Å². The van der Waals surface area contributed by atoms with E-state index < -0.39 is 0 Å². The first kappa shape index (κ1) is 18.2. The Hall–Kier alpha value is -2.60. The first-order valence-electron chi connectivity index (χ1n) is 8.74. The van der Waals surface area contributed by atoms with Crippen LogP contribution >= 0.6 is 12.2 Å². The van der Waals surface area contributed by atoms with Crippen LogP contribution in [0.2, 0.25) is 0 Å². The standard InChI is InChI=1S/C20H23N3O2S/c1-14-10-11-18(17-9-5-8-16(14)17)25-13-19(24)22-23-20(26)21-12-15-6-3-2-4-7-15/h2-4,6-7,10-11H,5,8-9,12-13H2,1H3,(H,22,24)(H2,21,23,26). The molecule has 6 heteroatoms. The van der Waals surface area contributed by atoms with E-state index in [1.54, 1.807) is 0 Å². The van der Waals surface area contributed by atoms with Crippen LogP contribution in [-0.2, 0) is 24.2 Å². The van der Waals surface area contributed by atoms with Crippen molar-refractivity contribution in [1.82, 2.24) is 16.2 Å². The lowest BCUT2D eigenvalue weighted by molar-refractivity contribution is -0.123. The highest BCUT2D eigenvalue weighted by molar-refractivity contribution is 7.80. The van der Waals surface area contributed by atoms with Crippen LogP contribution < -0.4 is 20.9 Å². The summed E-state index contributed by atoms with van der Waals surface area (Å²) in [5, 5.41) is 3.39. The molecule has 0 heterocycles. The highest BCUT2D eigenvalue weighted by Gasteiger charge is 2.18. The molecule has 0 saturated carbocycles. The number of hydrazine groups is 1. The number of fused-ring (bicyclic) bond motifs is 1. The van der Waals surface area contributed by atoms with Crippen molar-refractivity contribution in [2.24, 2.45) is 0 Å². The van der Waals surface area contributed by atoms with Gasteiger partial charge >= 0.3 is 0 Å². The Morgan fingerprint density at radius 2 is 1.85 bits per heavy atom. The van der Waals surface area contributed by atoms with Gasteiger partial charge in [0.15, 0.2) is 11.7 Å². The van der Waals surface area contributed by atoms with Crippen LogP contribution in [0.4, 0.5) is 0 Å². The fourth-order valence-corrected chi connectivity index (χ4v) is 3.24. The summed E-state index contributed by atoms with van der Waals surface area (Å²) in [6.45, 7) is 2.66. The molecule has 0 fully saturated rings. The average molecular weight is 369 g/mol. The van der Waals surface area contributed by atoms with E-state index in [2.05, 4.69) is 29.2 Å². The molecular weight excluding hydrogens is 346 g/mol. The molecule has 2 aromatic rings. The average Bonchev–Trinajstić information content (AvgIpc) is 3.16. The van der Waals surface area contributed by atoms with E-state index in [-0.39, 0.29) is 12.5 Å². The fraction of sp³-hybridized carbons (Fsp3) is 0.300. The number of carbonyl (C=O) groups excluding carboxylic acids is 1. The van der Waals surface area contributed by atoms with Crippen molar-refractivity contribution < 1.29 is 9.53 Å². The molecule has 1 amide bonds. The minimum absolute atomic E-state index is 0.0518. The molecule has 0 spiro atoms. The van der Waals surface area contributed by atoms with E-state index in [1.165, 1.54) is 16.7 Å². The fourth-order valence-electron chi connectivity index (χ4n) is 3.12. The number of ether oxygens (including phenoxy) is 1. The summed E-state index contributed by atoms with van der Waals surface area (Å²) in [6.07, 6.45) is 3.25. The molecule has 0 radical (unpaired) electrons. The number of hydrogen-bond acceptors (Lipinski definition) is 3. The number of aryl methyl sites for hydroxylation is 1. The largest absolute Gasteiger partial charge is 0.483 e. The molecule has 3 rings (SSSR count). The van der Waals surface area contributed by atoms with Gasteiger partial charge in [-0.25, -0.2) is 0 Å². The van der Waals surface area contributed by atoms with Gasteiger partial charge in [-0.15, -0.1) is 0 Å². The van der Waals surface area contributed by atoms with Crippen LogP contribution in [0, 0.1) is 6.92 Å². The number of rotatable bonds is 5. The van der Waals surface area contributed by atoms with Gasteiger partial charge in [-0.3, -0.25) is 15.6 Å². The number of benzene rings is 2. The summed E-state index contributed by atoms with van der Waals surface area (Å²) in [6, 6.07) is 13.9. The van der Waals surface area contributed by atoms with Crippen molar-refractivity contribution in [3.63, 3.8) is 0 Å². The quantitative estimate of drug-likeness (QED) is 0.559. The van der Waals surface area contributed by atoms with Crippen LogP contribution in [0.5, 0.6) is 5.75 Å². The number of hydrogen-bond donors (Lipinski definition) is 3. The normalized spacial score (nSPS) is 12.2. The number of carbonyl (C=O) groups is 1. The molecule has 0 saturated heterocycles. The summed E-state index contributed by atoms with van der Waals surface area (Å²) >= 11 is 5.15. The second kappa shape index (κ2) is 8.67. The minimum Gasteiger partial charge on any atom is -0.483 e. The van der Waals surface area contributed by atoms with Gasteiger partial charge in [-0.05, 0) is 66.7 Å². The molecule has 3 N–H and O–H groups in total. The molecule has 2 aromatic carbocycles. The van der Waals surface area contributed by atoms with Crippen LogP contribution in [-0.4, -0.2) is 17.6 Å². The van der Waals surface area contributed by atoms with Gasteiger partial charge in [0.2, 0.25) is 0 Å². The molecule has 0 unspecified atom stereocenters. The van der Waals surface area contributed by atoms with Gasteiger partial charge in [-0.2, -0.15) is 0 Å². The third kappa shape index (κ3) is 4.73. The Balaban J connectivity index is 1.41. The van der Waals surface area contributed by atoms with Gasteiger partial charge in [0, 0.05) is 6.54 Å². The molecule has 5 nitrogen and oxygen atoms in total. The first-order chi connectivity index (χ1) is 12.6. The maximum atomic E-state index is 12.0. The molecule has 26 heavy (non-hydrogen) atoms. The molecule has 1 aliphatic carbocycles. The second-order valence-electron chi connectivity index (χ2n) is 6.32. The van der Waals surface area contributed by atoms with Gasteiger partial charge < -0.3 is 10.1 Å². The molecule has 1 aliphatic rings. The van der Waals surface area contributed by atoms with Crippen LogP contribution in [0.1, 0.15) is 28.7 Å². The lowest BCUT2D eigenvalue weighted by Gasteiger charge is -2.14. The second-order valence-corrected chi connectivity index (χ2v) is 6.73. The van der Waals surface area contributed by atoms with E-state index in [4.69, 9.17) is 17.0 Å². The third-order valence-corrected chi connectivity index (χ3v) is 4.69. The highest BCUT2D eigenvalue weighted by atomic mass is 32.1. The predicted octanol–water partition coefficient (Wildman–Crippen LogP) is 2.56. The molecule has 0 atom stereocenters. The minimum atomic E-state index is -0.277. The lowest BCUT2D eigenvalue weighted by Crippen LogP contribution is -2.48. The molecule has 0 aliphatic heterocycles. The molecule has 136 valence electrons. The van der Waals surface area contributed by atoms with Crippen molar-refractivity contribution in [2.45, 2.75) is 32.7 Å². The lowest BCUT2D eigenvalue weighted by atomic mass is 10.0. The van der Waals surface area contributed by atoms with Gasteiger partial charge in [0.1, 0.15) is 5.75 Å². The maximum Gasteiger partial charge on any atom is 0.276 e. The van der Waals surface area contributed by atoms with Crippen LogP contribution in [0.15, 0.2) is 42.5 Å².